The molecule has 3 nitrogen and oxygen atoms in total. The molecule has 1 aliphatic rings. The molecule has 0 heterocycles. The van der Waals surface area contributed by atoms with E-state index in [1.54, 1.807) is 0 Å². The first-order chi connectivity index (χ1) is 15.7. The van der Waals surface area contributed by atoms with Gasteiger partial charge in [-0.25, -0.2) is 0 Å². The Hall–Kier alpha value is -0.670. The van der Waals surface area contributed by atoms with Gasteiger partial charge < -0.3 is 9.84 Å². The van der Waals surface area contributed by atoms with Crippen molar-refractivity contribution in [2.75, 3.05) is 13.2 Å². The van der Waals surface area contributed by atoms with Gasteiger partial charge in [-0.1, -0.05) is 114 Å². The van der Waals surface area contributed by atoms with Gasteiger partial charge in [-0.3, -0.25) is 4.79 Å². The Morgan fingerprint density at radius 1 is 1.03 bits per heavy atom. The van der Waals surface area contributed by atoms with Crippen molar-refractivity contribution in [1.82, 2.24) is 0 Å². The molecular formula is C28H36I2O3. The van der Waals surface area contributed by atoms with Gasteiger partial charge in [0.25, 0.3) is 0 Å². The smallest absolute Gasteiger partial charge is 0.306 e. The molecule has 0 bridgehead atoms. The molecule has 5 heteroatoms. The molecule has 0 radical (unpaired) electrons. The molecule has 0 saturated heterocycles. The Morgan fingerprint density at radius 2 is 1.76 bits per heavy atom. The van der Waals surface area contributed by atoms with Crippen molar-refractivity contribution in [3.05, 3.63) is 70.8 Å². The summed E-state index contributed by atoms with van der Waals surface area (Å²) in [7, 11) is 0. The number of hydrogen-bond donors (Lipinski definition) is 1. The first kappa shape index (κ1) is 26.9. The molecule has 2 aromatic rings. The van der Waals surface area contributed by atoms with Crippen molar-refractivity contribution < 1.29 is 14.6 Å². The highest BCUT2D eigenvalue weighted by Gasteiger charge is 2.41. The topological polar surface area (TPSA) is 46.5 Å². The van der Waals surface area contributed by atoms with Crippen LogP contribution in [-0.4, -0.2) is 32.1 Å². The molecule has 180 valence electrons. The van der Waals surface area contributed by atoms with E-state index >= 15 is 0 Å². The summed E-state index contributed by atoms with van der Waals surface area (Å²) in [6.07, 6.45) is 4.62. The second-order valence-corrected chi connectivity index (χ2v) is 13.3. The zero-order valence-corrected chi connectivity index (χ0v) is 24.2. The van der Waals surface area contributed by atoms with Crippen molar-refractivity contribution >= 4 is 51.2 Å². The number of hydrogen-bond acceptors (Lipinski definition) is 3. The number of aliphatic hydroxyl groups excluding tert-OH is 1. The maximum atomic E-state index is 11.7. The lowest BCUT2D eigenvalue weighted by atomic mass is 9.83. The summed E-state index contributed by atoms with van der Waals surface area (Å²) < 4.78 is 6.30. The van der Waals surface area contributed by atoms with E-state index in [0.29, 0.717) is 32.5 Å². The second kappa shape index (κ2) is 12.3. The van der Waals surface area contributed by atoms with Gasteiger partial charge >= 0.3 is 5.97 Å². The molecule has 4 atom stereocenters. The molecule has 1 aliphatic carbocycles. The fourth-order valence-electron chi connectivity index (χ4n) is 4.76. The minimum atomic E-state index is -0.250. The lowest BCUT2D eigenvalue weighted by Crippen LogP contribution is -2.17. The van der Waals surface area contributed by atoms with Crippen LogP contribution >= 0.6 is 45.2 Å². The van der Waals surface area contributed by atoms with Crippen molar-refractivity contribution in [2.24, 2.45) is 5.92 Å². The Balaban J connectivity index is 1.64. The van der Waals surface area contributed by atoms with Gasteiger partial charge in [0.2, 0.25) is 0 Å². The minimum Gasteiger partial charge on any atom is -0.463 e. The predicted molar refractivity (Wildman–Crippen MR) is 153 cm³/mol. The van der Waals surface area contributed by atoms with E-state index in [1.165, 1.54) is 29.5 Å². The van der Waals surface area contributed by atoms with Gasteiger partial charge in [-0.2, -0.15) is 0 Å². The van der Waals surface area contributed by atoms with Crippen LogP contribution in [0, 0.1) is 5.92 Å². The molecule has 1 saturated carbocycles. The highest BCUT2D eigenvalue weighted by atomic mass is 127. The van der Waals surface area contributed by atoms with E-state index in [0.717, 1.165) is 12.0 Å². The molecule has 2 aromatic carbocycles. The van der Waals surface area contributed by atoms with E-state index in [4.69, 9.17) is 9.84 Å². The Labute approximate surface area is 226 Å². The Morgan fingerprint density at radius 3 is 2.42 bits per heavy atom. The fraction of sp³-hybridized carbons (Fsp3) is 0.536. The second-order valence-electron chi connectivity index (χ2n) is 10.1. The first-order valence-corrected chi connectivity index (χ1v) is 14.4. The molecule has 1 N–H and O–H groups in total. The first-order valence-electron chi connectivity index (χ1n) is 11.9. The van der Waals surface area contributed by atoms with E-state index in [-0.39, 0.29) is 24.6 Å². The molecule has 0 aromatic heterocycles. The van der Waals surface area contributed by atoms with Gasteiger partial charge in [-0.15, -0.1) is 0 Å². The number of aliphatic hydroxyl groups is 1. The lowest BCUT2D eigenvalue weighted by molar-refractivity contribution is -0.144. The molecule has 0 spiro atoms. The van der Waals surface area contributed by atoms with Crippen molar-refractivity contribution in [3.63, 3.8) is 0 Å². The summed E-state index contributed by atoms with van der Waals surface area (Å²) >= 11 is 5.34. The number of alkyl halides is 2. The van der Waals surface area contributed by atoms with E-state index < -0.39 is 0 Å². The number of aryl methyl sites for hydroxylation is 2. The SMILES string of the molecule is CC(C)(C)c1cccc(CC[C@H]2C(I)CC(I)[C@@H]2c2ccc(CCC(=O)OCCO)cc2)c1. The van der Waals surface area contributed by atoms with Crippen LogP contribution in [0.1, 0.15) is 68.2 Å². The standard InChI is InChI=1S/C28H36I2O3/c1-28(2,3)22-6-4-5-20(17-22)9-13-23-24(29)18-25(30)27(23)21-11-7-19(8-12-21)10-14-26(32)33-16-15-31/h4-8,11-12,17,23-25,27,31H,9-10,13-16,18H2,1-3H3/t23-,24?,25?,27+/m0/s1. The van der Waals surface area contributed by atoms with Gasteiger partial charge in [0, 0.05) is 14.3 Å². The number of rotatable bonds is 9. The monoisotopic (exact) mass is 674 g/mol. The van der Waals surface area contributed by atoms with Gasteiger partial charge in [0.15, 0.2) is 0 Å². The average Bonchev–Trinajstić information content (AvgIpc) is 3.07. The van der Waals surface area contributed by atoms with Crippen molar-refractivity contribution in [1.29, 1.82) is 0 Å². The van der Waals surface area contributed by atoms with Crippen LogP contribution in [0.5, 0.6) is 0 Å². The lowest BCUT2D eigenvalue weighted by Gasteiger charge is -2.25. The summed E-state index contributed by atoms with van der Waals surface area (Å²) in [6.45, 7) is 6.79. The quantitative estimate of drug-likeness (QED) is 0.181. The molecular weight excluding hydrogens is 638 g/mol. The van der Waals surface area contributed by atoms with Crippen molar-refractivity contribution in [2.45, 2.75) is 72.1 Å². The third-order valence-corrected chi connectivity index (χ3v) is 9.38. The fourth-order valence-corrected chi connectivity index (χ4v) is 8.58. The van der Waals surface area contributed by atoms with E-state index in [9.17, 15) is 4.79 Å². The predicted octanol–water partition coefficient (Wildman–Crippen LogP) is 6.80. The Kier molecular flexibility index (Phi) is 10.1. The normalized spacial score (nSPS) is 23.0. The zero-order valence-electron chi connectivity index (χ0n) is 19.9. The van der Waals surface area contributed by atoms with Gasteiger partial charge in [0.1, 0.15) is 6.61 Å². The number of ether oxygens (including phenoxy) is 1. The summed E-state index contributed by atoms with van der Waals surface area (Å²) in [4.78, 5) is 11.7. The van der Waals surface area contributed by atoms with Crippen LogP contribution in [0.15, 0.2) is 48.5 Å². The summed E-state index contributed by atoms with van der Waals surface area (Å²) in [6, 6.07) is 18.0. The highest BCUT2D eigenvalue weighted by Crippen LogP contribution is 2.49. The van der Waals surface area contributed by atoms with Gasteiger partial charge in [0.05, 0.1) is 6.61 Å². The van der Waals surface area contributed by atoms with Gasteiger partial charge in [-0.05, 0) is 65.2 Å². The van der Waals surface area contributed by atoms with Crippen LogP contribution < -0.4 is 0 Å². The highest BCUT2D eigenvalue weighted by molar-refractivity contribution is 14.1. The molecule has 0 amide bonds. The molecule has 33 heavy (non-hydrogen) atoms. The maximum Gasteiger partial charge on any atom is 0.306 e. The van der Waals surface area contributed by atoms with Crippen LogP contribution in [0.2, 0.25) is 0 Å². The van der Waals surface area contributed by atoms with Crippen LogP contribution in [0.25, 0.3) is 0 Å². The molecule has 1 fully saturated rings. The number of benzene rings is 2. The number of esters is 1. The largest absolute Gasteiger partial charge is 0.463 e. The number of halogens is 2. The van der Waals surface area contributed by atoms with Crippen LogP contribution in [0.3, 0.4) is 0 Å². The molecule has 2 unspecified atom stereocenters. The minimum absolute atomic E-state index is 0.0792. The van der Waals surface area contributed by atoms with Crippen LogP contribution in [-0.2, 0) is 27.8 Å². The number of carbonyl (C=O) groups excluding carboxylic acids is 1. The average molecular weight is 674 g/mol. The maximum absolute atomic E-state index is 11.7. The van der Waals surface area contributed by atoms with E-state index in [2.05, 4.69) is 114 Å². The third-order valence-electron chi connectivity index (χ3n) is 6.66. The molecule has 3 rings (SSSR count). The Bertz CT molecular complexity index is 904. The summed E-state index contributed by atoms with van der Waals surface area (Å²) in [5.74, 6) is 0.992. The summed E-state index contributed by atoms with van der Waals surface area (Å²) in [5.41, 5.74) is 5.63. The third kappa shape index (κ3) is 7.66. The summed E-state index contributed by atoms with van der Waals surface area (Å²) in [5, 5.41) is 8.76. The van der Waals surface area contributed by atoms with Crippen LogP contribution in [0.4, 0.5) is 0 Å². The van der Waals surface area contributed by atoms with E-state index in [1.807, 2.05) is 0 Å². The van der Waals surface area contributed by atoms with Crippen molar-refractivity contribution in [3.8, 4) is 0 Å². The zero-order chi connectivity index (χ0) is 24.0. The number of carbonyl (C=O) groups is 1. The molecule has 0 aliphatic heterocycles.